The van der Waals surface area contributed by atoms with E-state index >= 15 is 0 Å². The second kappa shape index (κ2) is 7.99. The van der Waals surface area contributed by atoms with Gasteiger partial charge >= 0.3 is 0 Å². The zero-order chi connectivity index (χ0) is 18.6. The highest BCUT2D eigenvalue weighted by molar-refractivity contribution is 6.30. The van der Waals surface area contributed by atoms with E-state index in [4.69, 9.17) is 16.7 Å². The number of benzene rings is 2. The summed E-state index contributed by atoms with van der Waals surface area (Å²) in [5, 5.41) is 22.9. The molecule has 0 atom stereocenters. The van der Waals surface area contributed by atoms with Gasteiger partial charge in [0, 0.05) is 22.7 Å². The summed E-state index contributed by atoms with van der Waals surface area (Å²) >= 11 is 5.95. The Morgan fingerprint density at radius 1 is 1.04 bits per heavy atom. The minimum absolute atomic E-state index is 0.0482. The third-order valence-corrected chi connectivity index (χ3v) is 4.39. The number of hydrogen-bond donors (Lipinski definition) is 2. The molecule has 2 aromatic carbocycles. The molecule has 0 aliphatic heterocycles. The monoisotopic (exact) mass is 370 g/mol. The van der Waals surface area contributed by atoms with Crippen LogP contribution in [-0.2, 0) is 13.1 Å². The number of aromatic nitrogens is 3. The Bertz CT molecular complexity index is 844. The Hall–Kier alpha value is -2.21. The number of nitrogens with one attached hydrogen (secondary N) is 1. The molecular formula is C20H23ClN4O. The number of halogens is 1. The molecule has 0 unspecified atom stereocenters. The first kappa shape index (κ1) is 18.6. The first-order valence-electron chi connectivity index (χ1n) is 8.56. The van der Waals surface area contributed by atoms with Crippen LogP contribution < -0.4 is 5.32 Å². The summed E-state index contributed by atoms with van der Waals surface area (Å²) in [5.74, 6) is 0. The average Bonchev–Trinajstić information content (AvgIpc) is 3.06. The largest absolute Gasteiger partial charge is 0.394 e. The van der Waals surface area contributed by atoms with Gasteiger partial charge in [-0.05, 0) is 31.5 Å². The van der Waals surface area contributed by atoms with Crippen molar-refractivity contribution in [1.82, 2.24) is 20.3 Å². The highest BCUT2D eigenvalue weighted by Gasteiger charge is 2.19. The van der Waals surface area contributed by atoms with Crippen LogP contribution in [0.3, 0.4) is 0 Å². The van der Waals surface area contributed by atoms with Crippen LogP contribution in [-0.4, -0.2) is 32.2 Å². The molecule has 0 spiro atoms. The van der Waals surface area contributed by atoms with Gasteiger partial charge in [-0.25, -0.2) is 0 Å². The zero-order valence-corrected chi connectivity index (χ0v) is 15.7. The van der Waals surface area contributed by atoms with Crippen LogP contribution in [0.5, 0.6) is 0 Å². The van der Waals surface area contributed by atoms with Gasteiger partial charge in [0.15, 0.2) is 0 Å². The number of nitrogens with zero attached hydrogens (tertiary/aromatic N) is 3. The van der Waals surface area contributed by atoms with Crippen molar-refractivity contribution in [2.75, 3.05) is 6.61 Å². The molecule has 0 saturated carbocycles. The number of aliphatic hydroxyl groups excluding tert-OH is 1. The number of rotatable bonds is 7. The summed E-state index contributed by atoms with van der Waals surface area (Å²) in [7, 11) is 0. The van der Waals surface area contributed by atoms with Gasteiger partial charge < -0.3 is 10.4 Å². The molecule has 1 aromatic heterocycles. The van der Waals surface area contributed by atoms with E-state index in [9.17, 15) is 5.11 Å². The van der Waals surface area contributed by atoms with Crippen molar-refractivity contribution in [3.8, 4) is 11.3 Å². The Labute approximate surface area is 158 Å². The van der Waals surface area contributed by atoms with E-state index in [1.165, 1.54) is 0 Å². The predicted molar refractivity (Wildman–Crippen MR) is 104 cm³/mol. The summed E-state index contributed by atoms with van der Waals surface area (Å²) in [4.78, 5) is 1.70. The molecule has 0 aliphatic rings. The van der Waals surface area contributed by atoms with Crippen molar-refractivity contribution in [3.05, 3.63) is 70.9 Å². The highest BCUT2D eigenvalue weighted by Crippen LogP contribution is 2.21. The maximum absolute atomic E-state index is 9.47. The molecule has 0 bridgehead atoms. The van der Waals surface area contributed by atoms with Gasteiger partial charge in [-0.1, -0.05) is 54.1 Å². The van der Waals surface area contributed by atoms with Gasteiger partial charge in [0.2, 0.25) is 0 Å². The molecule has 6 heteroatoms. The molecular weight excluding hydrogens is 348 g/mol. The van der Waals surface area contributed by atoms with E-state index in [1.807, 2.05) is 68.4 Å². The van der Waals surface area contributed by atoms with Crippen molar-refractivity contribution in [2.45, 2.75) is 32.5 Å². The molecule has 0 radical (unpaired) electrons. The Kier molecular flexibility index (Phi) is 5.71. The van der Waals surface area contributed by atoms with E-state index in [-0.39, 0.29) is 12.1 Å². The quantitative estimate of drug-likeness (QED) is 0.668. The molecule has 26 heavy (non-hydrogen) atoms. The van der Waals surface area contributed by atoms with Gasteiger partial charge in [-0.15, -0.1) is 0 Å². The van der Waals surface area contributed by atoms with Gasteiger partial charge in [-0.3, -0.25) is 0 Å². The molecule has 136 valence electrons. The smallest absolute Gasteiger partial charge is 0.117 e. The number of aliphatic hydroxyl groups is 1. The third-order valence-electron chi connectivity index (χ3n) is 4.14. The summed E-state index contributed by atoms with van der Waals surface area (Å²) in [6, 6.07) is 17.7. The second-order valence-electron chi connectivity index (χ2n) is 6.91. The van der Waals surface area contributed by atoms with Crippen molar-refractivity contribution < 1.29 is 5.11 Å². The van der Waals surface area contributed by atoms with Crippen LogP contribution in [0, 0.1) is 0 Å². The van der Waals surface area contributed by atoms with Crippen molar-refractivity contribution in [1.29, 1.82) is 0 Å². The van der Waals surface area contributed by atoms with Crippen LogP contribution in [0.25, 0.3) is 11.3 Å². The lowest BCUT2D eigenvalue weighted by molar-refractivity contribution is 0.187. The Morgan fingerprint density at radius 2 is 1.73 bits per heavy atom. The van der Waals surface area contributed by atoms with Gasteiger partial charge in [0.05, 0.1) is 13.2 Å². The molecule has 5 nitrogen and oxygen atoms in total. The van der Waals surface area contributed by atoms with Gasteiger partial charge in [0.25, 0.3) is 0 Å². The molecule has 3 rings (SSSR count). The SMILES string of the molecule is CC(C)(CO)NCc1nn(Cc2ccc(Cl)cc2)nc1-c1ccccc1. The Balaban J connectivity index is 1.88. The second-order valence-corrected chi connectivity index (χ2v) is 7.35. The fourth-order valence-electron chi connectivity index (χ4n) is 2.52. The van der Waals surface area contributed by atoms with E-state index < -0.39 is 0 Å². The van der Waals surface area contributed by atoms with Crippen LogP contribution in [0.15, 0.2) is 54.6 Å². The minimum Gasteiger partial charge on any atom is -0.394 e. The molecule has 2 N–H and O–H groups in total. The van der Waals surface area contributed by atoms with Crippen molar-refractivity contribution in [3.63, 3.8) is 0 Å². The summed E-state index contributed by atoms with van der Waals surface area (Å²) < 4.78 is 0. The van der Waals surface area contributed by atoms with Crippen LogP contribution in [0.2, 0.25) is 5.02 Å². The lowest BCUT2D eigenvalue weighted by atomic mass is 10.1. The van der Waals surface area contributed by atoms with E-state index in [0.29, 0.717) is 18.1 Å². The first-order valence-corrected chi connectivity index (χ1v) is 8.94. The third kappa shape index (κ3) is 4.69. The average molecular weight is 371 g/mol. The summed E-state index contributed by atoms with van der Waals surface area (Å²) in [6.45, 7) is 5.05. The molecule has 1 heterocycles. The Morgan fingerprint density at radius 3 is 2.38 bits per heavy atom. The first-order chi connectivity index (χ1) is 12.5. The van der Waals surface area contributed by atoms with Gasteiger partial charge in [-0.2, -0.15) is 15.0 Å². The van der Waals surface area contributed by atoms with E-state index in [0.717, 1.165) is 22.5 Å². The zero-order valence-electron chi connectivity index (χ0n) is 15.0. The fourth-order valence-corrected chi connectivity index (χ4v) is 2.65. The van der Waals surface area contributed by atoms with E-state index in [2.05, 4.69) is 10.4 Å². The molecule has 0 aliphatic carbocycles. The highest BCUT2D eigenvalue weighted by atomic mass is 35.5. The normalized spacial score (nSPS) is 11.7. The summed E-state index contributed by atoms with van der Waals surface area (Å²) in [5.41, 5.74) is 3.42. The maximum atomic E-state index is 9.47. The van der Waals surface area contributed by atoms with Crippen LogP contribution in [0.4, 0.5) is 0 Å². The topological polar surface area (TPSA) is 63.0 Å². The lowest BCUT2D eigenvalue weighted by Gasteiger charge is -2.23. The minimum atomic E-state index is -0.381. The molecule has 0 saturated heterocycles. The van der Waals surface area contributed by atoms with Gasteiger partial charge in [0.1, 0.15) is 11.4 Å². The van der Waals surface area contributed by atoms with Crippen molar-refractivity contribution >= 4 is 11.6 Å². The fraction of sp³-hybridized carbons (Fsp3) is 0.300. The lowest BCUT2D eigenvalue weighted by Crippen LogP contribution is -2.42. The maximum Gasteiger partial charge on any atom is 0.117 e. The molecule has 0 amide bonds. The van der Waals surface area contributed by atoms with Crippen molar-refractivity contribution in [2.24, 2.45) is 0 Å². The van der Waals surface area contributed by atoms with E-state index in [1.54, 1.807) is 4.80 Å². The molecule has 3 aromatic rings. The number of hydrogen-bond acceptors (Lipinski definition) is 4. The molecule has 0 fully saturated rings. The summed E-state index contributed by atoms with van der Waals surface area (Å²) in [6.07, 6.45) is 0. The van der Waals surface area contributed by atoms with Crippen LogP contribution >= 0.6 is 11.6 Å². The van der Waals surface area contributed by atoms with Crippen LogP contribution in [0.1, 0.15) is 25.1 Å². The standard InChI is InChI=1S/C20H23ClN4O/c1-20(2,14-26)22-12-18-19(16-6-4-3-5-7-16)24-25(23-18)13-15-8-10-17(21)11-9-15/h3-11,22,26H,12-14H2,1-2H3. The predicted octanol–water partition coefficient (Wildman–Crippen LogP) is 3.51.